The zero-order valence-electron chi connectivity index (χ0n) is 10.8. The van der Waals surface area contributed by atoms with Crippen molar-refractivity contribution in [2.24, 2.45) is 0 Å². The molecule has 19 heavy (non-hydrogen) atoms. The number of phenols is 2. The Bertz CT molecular complexity index is 555. The second kappa shape index (κ2) is 6.00. The van der Waals surface area contributed by atoms with Crippen molar-refractivity contribution in [3.63, 3.8) is 0 Å². The van der Waals surface area contributed by atoms with Gasteiger partial charge in [0.15, 0.2) is 0 Å². The molecule has 0 aliphatic heterocycles. The summed E-state index contributed by atoms with van der Waals surface area (Å²) in [4.78, 5) is 0. The SMILES string of the molecule is CCOc1cccc(NCc2ccc(O)cc2O)c1. The Labute approximate surface area is 112 Å². The molecule has 2 aromatic carbocycles. The fourth-order valence-corrected chi connectivity index (χ4v) is 1.76. The molecular weight excluding hydrogens is 242 g/mol. The molecule has 0 amide bonds. The van der Waals surface area contributed by atoms with Crippen LogP contribution >= 0.6 is 0 Å². The molecule has 3 N–H and O–H groups in total. The van der Waals surface area contributed by atoms with E-state index in [1.54, 1.807) is 12.1 Å². The van der Waals surface area contributed by atoms with Gasteiger partial charge in [0.1, 0.15) is 17.2 Å². The first-order chi connectivity index (χ1) is 9.19. The Morgan fingerprint density at radius 1 is 1.11 bits per heavy atom. The molecule has 0 fully saturated rings. The molecule has 4 nitrogen and oxygen atoms in total. The van der Waals surface area contributed by atoms with Crippen molar-refractivity contribution in [3.8, 4) is 17.2 Å². The first kappa shape index (κ1) is 13.1. The third kappa shape index (κ3) is 3.55. The molecule has 0 bridgehead atoms. The van der Waals surface area contributed by atoms with Gasteiger partial charge in [-0.1, -0.05) is 6.07 Å². The van der Waals surface area contributed by atoms with E-state index < -0.39 is 0 Å². The molecule has 100 valence electrons. The fraction of sp³-hybridized carbons (Fsp3) is 0.200. The van der Waals surface area contributed by atoms with E-state index >= 15 is 0 Å². The van der Waals surface area contributed by atoms with Crippen molar-refractivity contribution < 1.29 is 14.9 Å². The Balaban J connectivity index is 2.03. The van der Waals surface area contributed by atoms with Gasteiger partial charge >= 0.3 is 0 Å². The topological polar surface area (TPSA) is 61.7 Å². The Morgan fingerprint density at radius 3 is 2.68 bits per heavy atom. The van der Waals surface area contributed by atoms with Gasteiger partial charge in [-0.2, -0.15) is 0 Å². The molecule has 0 saturated heterocycles. The van der Waals surface area contributed by atoms with E-state index in [0.29, 0.717) is 13.2 Å². The quantitative estimate of drug-likeness (QED) is 0.772. The molecule has 2 aromatic rings. The second-order valence-electron chi connectivity index (χ2n) is 4.13. The molecule has 4 heteroatoms. The first-order valence-corrected chi connectivity index (χ1v) is 6.16. The number of hydrogen-bond donors (Lipinski definition) is 3. The van der Waals surface area contributed by atoms with Crippen molar-refractivity contribution in [1.82, 2.24) is 0 Å². The van der Waals surface area contributed by atoms with Crippen LogP contribution in [0.3, 0.4) is 0 Å². The lowest BCUT2D eigenvalue weighted by molar-refractivity contribution is 0.340. The summed E-state index contributed by atoms with van der Waals surface area (Å²) in [5.41, 5.74) is 1.64. The second-order valence-corrected chi connectivity index (χ2v) is 4.13. The zero-order chi connectivity index (χ0) is 13.7. The van der Waals surface area contributed by atoms with Crippen molar-refractivity contribution in [3.05, 3.63) is 48.0 Å². The number of ether oxygens (including phenoxy) is 1. The van der Waals surface area contributed by atoms with Crippen LogP contribution in [-0.4, -0.2) is 16.8 Å². The summed E-state index contributed by atoms with van der Waals surface area (Å²) in [6, 6.07) is 12.2. The van der Waals surface area contributed by atoms with Crippen LogP contribution in [-0.2, 0) is 6.54 Å². The maximum Gasteiger partial charge on any atom is 0.124 e. The predicted octanol–water partition coefficient (Wildman–Crippen LogP) is 3.11. The number of rotatable bonds is 5. The largest absolute Gasteiger partial charge is 0.508 e. The average Bonchev–Trinajstić information content (AvgIpc) is 2.38. The molecule has 0 saturated carbocycles. The van der Waals surface area contributed by atoms with Gasteiger partial charge in [0.2, 0.25) is 0 Å². The van der Waals surface area contributed by atoms with Crippen molar-refractivity contribution in [2.75, 3.05) is 11.9 Å². The van der Waals surface area contributed by atoms with E-state index in [1.807, 2.05) is 31.2 Å². The number of aromatic hydroxyl groups is 2. The lowest BCUT2D eigenvalue weighted by Crippen LogP contribution is -2.00. The number of hydrogen-bond acceptors (Lipinski definition) is 4. The van der Waals surface area contributed by atoms with E-state index in [2.05, 4.69) is 5.32 Å². The Hall–Kier alpha value is -2.36. The van der Waals surface area contributed by atoms with Crippen molar-refractivity contribution >= 4 is 5.69 Å². The monoisotopic (exact) mass is 259 g/mol. The highest BCUT2D eigenvalue weighted by Crippen LogP contribution is 2.24. The van der Waals surface area contributed by atoms with Gasteiger partial charge in [0.05, 0.1) is 6.61 Å². The minimum Gasteiger partial charge on any atom is -0.508 e. The van der Waals surface area contributed by atoms with Crippen LogP contribution < -0.4 is 10.1 Å². The molecule has 0 aliphatic carbocycles. The standard InChI is InChI=1S/C15H17NO3/c1-2-19-14-5-3-4-12(8-14)16-10-11-6-7-13(17)9-15(11)18/h3-9,16-18H,2,10H2,1H3. The molecule has 2 rings (SSSR count). The van der Waals surface area contributed by atoms with Crippen LogP contribution in [0.25, 0.3) is 0 Å². The van der Waals surface area contributed by atoms with Gasteiger partial charge in [-0.15, -0.1) is 0 Å². The highest BCUT2D eigenvalue weighted by molar-refractivity contribution is 5.49. The van der Waals surface area contributed by atoms with Gasteiger partial charge in [0, 0.05) is 29.9 Å². The van der Waals surface area contributed by atoms with E-state index in [9.17, 15) is 10.2 Å². The molecule has 0 heterocycles. The van der Waals surface area contributed by atoms with Gasteiger partial charge in [-0.3, -0.25) is 0 Å². The van der Waals surface area contributed by atoms with Gasteiger partial charge in [0.25, 0.3) is 0 Å². The maximum atomic E-state index is 9.68. The summed E-state index contributed by atoms with van der Waals surface area (Å²) in [5, 5.41) is 22.1. The normalized spacial score (nSPS) is 10.2. The average molecular weight is 259 g/mol. The summed E-state index contributed by atoms with van der Waals surface area (Å²) >= 11 is 0. The lowest BCUT2D eigenvalue weighted by Gasteiger charge is -2.10. The third-order valence-electron chi connectivity index (χ3n) is 2.70. The van der Waals surface area contributed by atoms with E-state index in [4.69, 9.17) is 4.74 Å². The van der Waals surface area contributed by atoms with Crippen LogP contribution in [0.1, 0.15) is 12.5 Å². The summed E-state index contributed by atoms with van der Waals surface area (Å²) < 4.78 is 5.42. The lowest BCUT2D eigenvalue weighted by atomic mass is 10.2. The number of benzene rings is 2. The Morgan fingerprint density at radius 2 is 1.95 bits per heavy atom. The minimum atomic E-state index is 0.0552. The third-order valence-corrected chi connectivity index (χ3v) is 2.70. The minimum absolute atomic E-state index is 0.0552. The van der Waals surface area contributed by atoms with E-state index in [-0.39, 0.29) is 11.5 Å². The molecule has 0 radical (unpaired) electrons. The van der Waals surface area contributed by atoms with E-state index in [1.165, 1.54) is 6.07 Å². The van der Waals surface area contributed by atoms with Gasteiger partial charge < -0.3 is 20.3 Å². The van der Waals surface area contributed by atoms with E-state index in [0.717, 1.165) is 17.0 Å². The highest BCUT2D eigenvalue weighted by Gasteiger charge is 2.02. The van der Waals surface area contributed by atoms with Gasteiger partial charge in [-0.05, 0) is 31.2 Å². The van der Waals surface area contributed by atoms with Crippen molar-refractivity contribution in [1.29, 1.82) is 0 Å². The fourth-order valence-electron chi connectivity index (χ4n) is 1.76. The van der Waals surface area contributed by atoms with Crippen molar-refractivity contribution in [2.45, 2.75) is 13.5 Å². The first-order valence-electron chi connectivity index (χ1n) is 6.16. The van der Waals surface area contributed by atoms with Crippen LogP contribution in [0.5, 0.6) is 17.2 Å². The molecule has 0 spiro atoms. The van der Waals surface area contributed by atoms with Crippen LogP contribution in [0.2, 0.25) is 0 Å². The summed E-state index contributed by atoms with van der Waals surface area (Å²) in [6.07, 6.45) is 0. The molecule has 0 unspecified atom stereocenters. The predicted molar refractivity (Wildman–Crippen MR) is 74.7 cm³/mol. The maximum absolute atomic E-state index is 9.68. The molecule has 0 aliphatic rings. The molecular formula is C15H17NO3. The number of anilines is 1. The zero-order valence-corrected chi connectivity index (χ0v) is 10.8. The number of nitrogens with one attached hydrogen (secondary N) is 1. The van der Waals surface area contributed by atoms with Crippen LogP contribution in [0.4, 0.5) is 5.69 Å². The highest BCUT2D eigenvalue weighted by atomic mass is 16.5. The van der Waals surface area contributed by atoms with Crippen LogP contribution in [0, 0.1) is 0 Å². The Kier molecular flexibility index (Phi) is 4.13. The molecule has 0 atom stereocenters. The van der Waals surface area contributed by atoms with Crippen LogP contribution in [0.15, 0.2) is 42.5 Å². The summed E-state index contributed by atoms with van der Waals surface area (Å²) in [5.74, 6) is 0.940. The smallest absolute Gasteiger partial charge is 0.124 e. The number of phenolic OH excluding ortho intramolecular Hbond substituents is 2. The summed E-state index contributed by atoms with van der Waals surface area (Å²) in [7, 11) is 0. The van der Waals surface area contributed by atoms with Gasteiger partial charge in [-0.25, -0.2) is 0 Å². The molecule has 0 aromatic heterocycles. The summed E-state index contributed by atoms with van der Waals surface area (Å²) in [6.45, 7) is 3.04.